The van der Waals surface area contributed by atoms with Crippen molar-refractivity contribution in [3.05, 3.63) is 34.6 Å². The SMILES string of the molecule is Cc1nnnn1-c1ccccc1Br. The number of tetrazole rings is 1. The van der Waals surface area contributed by atoms with Crippen molar-refractivity contribution in [1.82, 2.24) is 20.2 Å². The summed E-state index contributed by atoms with van der Waals surface area (Å²) in [6, 6.07) is 7.80. The third-order valence-corrected chi connectivity index (χ3v) is 2.38. The van der Waals surface area contributed by atoms with E-state index in [4.69, 9.17) is 0 Å². The first-order chi connectivity index (χ1) is 6.29. The highest BCUT2D eigenvalue weighted by Crippen LogP contribution is 2.19. The van der Waals surface area contributed by atoms with Crippen molar-refractivity contribution in [3.8, 4) is 5.69 Å². The van der Waals surface area contributed by atoms with Gasteiger partial charge in [-0.2, -0.15) is 4.68 Å². The molecule has 13 heavy (non-hydrogen) atoms. The van der Waals surface area contributed by atoms with Gasteiger partial charge < -0.3 is 0 Å². The van der Waals surface area contributed by atoms with Crippen LogP contribution in [0.4, 0.5) is 0 Å². The average Bonchev–Trinajstić information content (AvgIpc) is 2.52. The van der Waals surface area contributed by atoms with Gasteiger partial charge in [-0.3, -0.25) is 0 Å². The molecule has 1 heterocycles. The minimum atomic E-state index is 0.770. The van der Waals surface area contributed by atoms with Crippen molar-refractivity contribution in [2.24, 2.45) is 0 Å². The Balaban J connectivity index is 2.59. The topological polar surface area (TPSA) is 43.6 Å². The molecule has 0 atom stereocenters. The maximum atomic E-state index is 3.87. The first-order valence-corrected chi connectivity index (χ1v) is 4.58. The summed E-state index contributed by atoms with van der Waals surface area (Å²) in [5, 5.41) is 11.3. The molecule has 0 bridgehead atoms. The highest BCUT2D eigenvalue weighted by atomic mass is 79.9. The molecule has 0 N–H and O–H groups in total. The Morgan fingerprint density at radius 3 is 2.69 bits per heavy atom. The summed E-state index contributed by atoms with van der Waals surface area (Å²) in [5.74, 6) is 0.770. The molecule has 0 aliphatic rings. The molecule has 0 spiro atoms. The fourth-order valence-electron chi connectivity index (χ4n) is 1.08. The molecule has 0 saturated carbocycles. The number of hydrogen-bond donors (Lipinski definition) is 0. The number of aromatic nitrogens is 4. The lowest BCUT2D eigenvalue weighted by molar-refractivity contribution is 0.777. The zero-order valence-corrected chi connectivity index (χ0v) is 8.56. The Hall–Kier alpha value is -1.23. The number of nitrogens with zero attached hydrogens (tertiary/aromatic N) is 4. The smallest absolute Gasteiger partial charge is 0.153 e. The quantitative estimate of drug-likeness (QED) is 0.761. The molecule has 1 aromatic carbocycles. The summed E-state index contributed by atoms with van der Waals surface area (Å²) in [7, 11) is 0. The van der Waals surface area contributed by atoms with Crippen molar-refractivity contribution in [2.45, 2.75) is 6.92 Å². The number of rotatable bonds is 1. The fraction of sp³-hybridized carbons (Fsp3) is 0.125. The van der Waals surface area contributed by atoms with E-state index in [9.17, 15) is 0 Å². The van der Waals surface area contributed by atoms with Crippen LogP contribution in [-0.2, 0) is 0 Å². The first-order valence-electron chi connectivity index (χ1n) is 3.79. The number of para-hydroxylation sites is 1. The van der Waals surface area contributed by atoms with E-state index in [-0.39, 0.29) is 0 Å². The van der Waals surface area contributed by atoms with Crippen molar-refractivity contribution in [3.63, 3.8) is 0 Å². The largest absolute Gasteiger partial charge is 0.197 e. The van der Waals surface area contributed by atoms with Crippen LogP contribution in [0.25, 0.3) is 5.69 Å². The monoisotopic (exact) mass is 238 g/mol. The standard InChI is InChI=1S/C8H7BrN4/c1-6-10-11-12-13(6)8-5-3-2-4-7(8)9/h2-5H,1H3. The molecular formula is C8H7BrN4. The molecule has 0 aliphatic carbocycles. The number of aryl methyl sites for hydroxylation is 1. The predicted molar refractivity (Wildman–Crippen MR) is 51.6 cm³/mol. The van der Waals surface area contributed by atoms with Gasteiger partial charge in [0.25, 0.3) is 0 Å². The van der Waals surface area contributed by atoms with Gasteiger partial charge in [0.2, 0.25) is 0 Å². The molecule has 0 aliphatic heterocycles. The predicted octanol–water partition coefficient (Wildman–Crippen LogP) is 1.73. The van der Waals surface area contributed by atoms with Crippen LogP contribution in [0.3, 0.4) is 0 Å². The highest BCUT2D eigenvalue weighted by molar-refractivity contribution is 9.10. The molecule has 0 amide bonds. The maximum Gasteiger partial charge on any atom is 0.153 e. The molecule has 0 saturated heterocycles. The molecule has 66 valence electrons. The molecule has 5 heteroatoms. The second kappa shape index (κ2) is 3.26. The van der Waals surface area contributed by atoms with E-state index in [2.05, 4.69) is 31.5 Å². The van der Waals surface area contributed by atoms with Crippen LogP contribution >= 0.6 is 15.9 Å². The Bertz CT molecular complexity index is 424. The van der Waals surface area contributed by atoms with Crippen LogP contribution < -0.4 is 0 Å². The van der Waals surface area contributed by atoms with Crippen molar-refractivity contribution in [2.75, 3.05) is 0 Å². The van der Waals surface area contributed by atoms with E-state index < -0.39 is 0 Å². The Morgan fingerprint density at radius 2 is 2.08 bits per heavy atom. The van der Waals surface area contributed by atoms with E-state index in [0.717, 1.165) is 16.0 Å². The van der Waals surface area contributed by atoms with Gasteiger partial charge in [-0.25, -0.2) is 0 Å². The summed E-state index contributed by atoms with van der Waals surface area (Å²) in [6.45, 7) is 1.86. The van der Waals surface area contributed by atoms with Gasteiger partial charge in [0.05, 0.1) is 5.69 Å². The van der Waals surface area contributed by atoms with Gasteiger partial charge in [0.15, 0.2) is 5.82 Å². The van der Waals surface area contributed by atoms with Gasteiger partial charge in [0.1, 0.15) is 0 Å². The molecule has 4 nitrogen and oxygen atoms in total. The summed E-state index contributed by atoms with van der Waals surface area (Å²) < 4.78 is 2.66. The zero-order valence-electron chi connectivity index (χ0n) is 6.98. The van der Waals surface area contributed by atoms with E-state index in [1.165, 1.54) is 0 Å². The molecule has 1 aromatic heterocycles. The van der Waals surface area contributed by atoms with Crippen LogP contribution in [0.2, 0.25) is 0 Å². The highest BCUT2D eigenvalue weighted by Gasteiger charge is 2.05. The summed E-state index contributed by atoms with van der Waals surface area (Å²) in [4.78, 5) is 0. The third kappa shape index (κ3) is 1.47. The van der Waals surface area contributed by atoms with Crippen LogP contribution in [-0.4, -0.2) is 20.2 Å². The molecule has 0 unspecified atom stereocenters. The Kier molecular flexibility index (Phi) is 2.10. The minimum Gasteiger partial charge on any atom is -0.197 e. The second-order valence-electron chi connectivity index (χ2n) is 2.59. The van der Waals surface area contributed by atoms with E-state index in [0.29, 0.717) is 0 Å². The average molecular weight is 239 g/mol. The van der Waals surface area contributed by atoms with Crippen LogP contribution in [0.15, 0.2) is 28.7 Å². The fourth-order valence-corrected chi connectivity index (χ4v) is 1.53. The lowest BCUT2D eigenvalue weighted by atomic mass is 10.3. The van der Waals surface area contributed by atoms with Gasteiger partial charge >= 0.3 is 0 Å². The maximum absolute atomic E-state index is 3.87. The lowest BCUT2D eigenvalue weighted by Gasteiger charge is -2.02. The molecule has 2 aromatic rings. The van der Waals surface area contributed by atoms with Gasteiger partial charge in [-0.05, 0) is 45.4 Å². The van der Waals surface area contributed by atoms with Crippen molar-refractivity contribution in [1.29, 1.82) is 0 Å². The molecule has 2 rings (SSSR count). The van der Waals surface area contributed by atoms with E-state index >= 15 is 0 Å². The van der Waals surface area contributed by atoms with Crippen LogP contribution in [0.1, 0.15) is 5.82 Å². The number of hydrogen-bond acceptors (Lipinski definition) is 3. The normalized spacial score (nSPS) is 10.3. The lowest BCUT2D eigenvalue weighted by Crippen LogP contribution is -1.99. The van der Waals surface area contributed by atoms with E-state index in [1.807, 2.05) is 31.2 Å². The molecular weight excluding hydrogens is 232 g/mol. The van der Waals surface area contributed by atoms with Crippen molar-refractivity contribution >= 4 is 15.9 Å². The Labute approximate surface area is 83.7 Å². The summed E-state index contributed by atoms with van der Waals surface area (Å²) in [5.41, 5.74) is 0.949. The van der Waals surface area contributed by atoms with Gasteiger partial charge in [-0.1, -0.05) is 12.1 Å². The summed E-state index contributed by atoms with van der Waals surface area (Å²) in [6.07, 6.45) is 0. The molecule has 0 fully saturated rings. The Morgan fingerprint density at radius 1 is 1.31 bits per heavy atom. The van der Waals surface area contributed by atoms with Gasteiger partial charge in [0, 0.05) is 4.47 Å². The van der Waals surface area contributed by atoms with Crippen LogP contribution in [0, 0.1) is 6.92 Å². The second-order valence-corrected chi connectivity index (χ2v) is 3.44. The molecule has 0 radical (unpaired) electrons. The zero-order chi connectivity index (χ0) is 9.26. The van der Waals surface area contributed by atoms with Crippen LogP contribution in [0.5, 0.6) is 0 Å². The number of halogens is 1. The third-order valence-electron chi connectivity index (χ3n) is 1.71. The van der Waals surface area contributed by atoms with E-state index in [1.54, 1.807) is 4.68 Å². The number of benzene rings is 1. The van der Waals surface area contributed by atoms with Gasteiger partial charge in [-0.15, -0.1) is 5.10 Å². The first kappa shape index (κ1) is 8.37. The minimum absolute atomic E-state index is 0.770. The summed E-state index contributed by atoms with van der Waals surface area (Å²) >= 11 is 3.44. The van der Waals surface area contributed by atoms with Crippen molar-refractivity contribution < 1.29 is 0 Å².